The number of methoxy groups -OCH3 is 1. The Balaban J connectivity index is 2.54. The highest BCUT2D eigenvalue weighted by Gasteiger charge is 2.25. The first-order valence-corrected chi connectivity index (χ1v) is 9.12. The van der Waals surface area contributed by atoms with Gasteiger partial charge in [-0.05, 0) is 19.4 Å². The minimum atomic E-state index is -4.12. The third-order valence-electron chi connectivity index (χ3n) is 3.55. The number of carbonyl (C=O) groups is 1. The summed E-state index contributed by atoms with van der Waals surface area (Å²) in [5.74, 6) is -0.946. The molecule has 0 fully saturated rings. The number of rotatable bonds is 7. The van der Waals surface area contributed by atoms with Crippen molar-refractivity contribution in [1.82, 2.24) is 0 Å². The van der Waals surface area contributed by atoms with Crippen LogP contribution in [-0.2, 0) is 14.3 Å². The van der Waals surface area contributed by atoms with E-state index in [9.17, 15) is 18.3 Å². The molecule has 2 aromatic carbocycles. The molecule has 0 atom stereocenters. The second-order valence-corrected chi connectivity index (χ2v) is 7.08. The molecular formula is C18H20O6S. The third-order valence-corrected chi connectivity index (χ3v) is 4.89. The van der Waals surface area contributed by atoms with E-state index in [-0.39, 0.29) is 28.6 Å². The lowest BCUT2D eigenvalue weighted by molar-refractivity contribution is 0.103. The molecule has 0 amide bonds. The summed E-state index contributed by atoms with van der Waals surface area (Å²) in [6.45, 7) is 3.67. The predicted octanol–water partition coefficient (Wildman–Crippen LogP) is 3.06. The molecule has 0 spiro atoms. The van der Waals surface area contributed by atoms with E-state index in [2.05, 4.69) is 0 Å². The molecule has 0 aliphatic rings. The zero-order valence-electron chi connectivity index (χ0n) is 14.3. The molecule has 0 saturated carbocycles. The highest BCUT2D eigenvalue weighted by Crippen LogP contribution is 2.33. The summed E-state index contributed by atoms with van der Waals surface area (Å²) < 4.78 is 34.6. The maximum atomic E-state index is 12.6. The van der Waals surface area contributed by atoms with Gasteiger partial charge in [0.05, 0.1) is 19.3 Å². The standard InChI is InChI=1S/C18H20O6S/c1-4-9-24-25(21,22)17-10-14(15(19)11-16(17)23-3)18(20)13-7-5-12(2)6-8-13/h5-8,10-11,19H,4,9H2,1-3H3. The van der Waals surface area contributed by atoms with Crippen LogP contribution >= 0.6 is 0 Å². The molecule has 134 valence electrons. The Hall–Kier alpha value is -2.38. The fourth-order valence-corrected chi connectivity index (χ4v) is 3.37. The monoisotopic (exact) mass is 364 g/mol. The van der Waals surface area contributed by atoms with Crippen molar-refractivity contribution < 1.29 is 27.2 Å². The van der Waals surface area contributed by atoms with Gasteiger partial charge in [0.2, 0.25) is 0 Å². The van der Waals surface area contributed by atoms with Crippen molar-refractivity contribution in [3.63, 3.8) is 0 Å². The summed E-state index contributed by atoms with van der Waals surface area (Å²) in [5, 5.41) is 10.1. The van der Waals surface area contributed by atoms with E-state index in [0.717, 1.165) is 17.7 Å². The number of benzene rings is 2. The van der Waals surface area contributed by atoms with E-state index in [1.807, 2.05) is 6.92 Å². The first kappa shape index (κ1) is 19.0. The molecule has 0 radical (unpaired) electrons. The molecule has 25 heavy (non-hydrogen) atoms. The summed E-state index contributed by atoms with van der Waals surface area (Å²) in [5.41, 5.74) is 1.18. The predicted molar refractivity (Wildman–Crippen MR) is 92.7 cm³/mol. The average Bonchev–Trinajstić information content (AvgIpc) is 2.59. The van der Waals surface area contributed by atoms with Crippen LogP contribution in [-0.4, -0.2) is 33.0 Å². The van der Waals surface area contributed by atoms with Crippen molar-refractivity contribution in [2.45, 2.75) is 25.2 Å². The molecule has 0 aliphatic heterocycles. The number of hydrogen-bond donors (Lipinski definition) is 1. The van der Waals surface area contributed by atoms with E-state index in [1.54, 1.807) is 31.2 Å². The smallest absolute Gasteiger partial charge is 0.300 e. The van der Waals surface area contributed by atoms with Crippen LogP contribution in [0.4, 0.5) is 0 Å². The van der Waals surface area contributed by atoms with Gasteiger partial charge in [-0.15, -0.1) is 0 Å². The summed E-state index contributed by atoms with van der Waals surface area (Å²) in [7, 11) is -2.84. The van der Waals surface area contributed by atoms with Gasteiger partial charge in [0.15, 0.2) is 5.78 Å². The lowest BCUT2D eigenvalue weighted by Crippen LogP contribution is -2.11. The molecule has 0 unspecified atom stereocenters. The van der Waals surface area contributed by atoms with Crippen LogP contribution in [0.3, 0.4) is 0 Å². The number of ketones is 1. The Morgan fingerprint density at radius 2 is 1.80 bits per heavy atom. The number of aryl methyl sites for hydroxylation is 1. The summed E-state index contributed by atoms with van der Waals surface area (Å²) >= 11 is 0. The normalized spacial score (nSPS) is 11.3. The van der Waals surface area contributed by atoms with Gasteiger partial charge in [0, 0.05) is 11.6 Å². The van der Waals surface area contributed by atoms with Crippen LogP contribution in [0, 0.1) is 6.92 Å². The Morgan fingerprint density at radius 3 is 2.36 bits per heavy atom. The largest absolute Gasteiger partial charge is 0.507 e. The molecule has 0 bridgehead atoms. The number of carbonyl (C=O) groups excluding carboxylic acids is 1. The van der Waals surface area contributed by atoms with Gasteiger partial charge in [-0.1, -0.05) is 36.8 Å². The summed E-state index contributed by atoms with van der Waals surface area (Å²) in [4.78, 5) is 12.3. The number of hydrogen-bond acceptors (Lipinski definition) is 6. The van der Waals surface area contributed by atoms with E-state index in [1.165, 1.54) is 7.11 Å². The molecule has 1 N–H and O–H groups in total. The molecular weight excluding hydrogens is 344 g/mol. The minimum Gasteiger partial charge on any atom is -0.507 e. The number of aromatic hydroxyl groups is 1. The van der Waals surface area contributed by atoms with Crippen molar-refractivity contribution in [1.29, 1.82) is 0 Å². The Labute approximate surface area is 147 Å². The summed E-state index contributed by atoms with van der Waals surface area (Å²) in [6, 6.07) is 8.93. The van der Waals surface area contributed by atoms with Crippen molar-refractivity contribution >= 4 is 15.9 Å². The van der Waals surface area contributed by atoms with Gasteiger partial charge < -0.3 is 9.84 Å². The highest BCUT2D eigenvalue weighted by molar-refractivity contribution is 7.86. The number of phenolic OH excluding ortho intramolecular Hbond substituents is 1. The van der Waals surface area contributed by atoms with Gasteiger partial charge in [-0.3, -0.25) is 8.98 Å². The fraction of sp³-hybridized carbons (Fsp3) is 0.278. The third kappa shape index (κ3) is 4.18. The van der Waals surface area contributed by atoms with Crippen LogP contribution in [0.1, 0.15) is 34.8 Å². The average molecular weight is 364 g/mol. The highest BCUT2D eigenvalue weighted by atomic mass is 32.2. The Morgan fingerprint density at radius 1 is 1.16 bits per heavy atom. The summed E-state index contributed by atoms with van der Waals surface area (Å²) in [6.07, 6.45) is 0.509. The fourth-order valence-electron chi connectivity index (χ4n) is 2.20. The van der Waals surface area contributed by atoms with Crippen LogP contribution in [0.15, 0.2) is 41.3 Å². The quantitative estimate of drug-likeness (QED) is 0.600. The van der Waals surface area contributed by atoms with Crippen molar-refractivity contribution in [2.75, 3.05) is 13.7 Å². The molecule has 6 nitrogen and oxygen atoms in total. The first-order valence-electron chi connectivity index (χ1n) is 7.72. The topological polar surface area (TPSA) is 89.9 Å². The molecule has 0 aromatic heterocycles. The van der Waals surface area contributed by atoms with E-state index >= 15 is 0 Å². The lowest BCUT2D eigenvalue weighted by atomic mass is 10.0. The van der Waals surface area contributed by atoms with Crippen LogP contribution in [0.5, 0.6) is 11.5 Å². The van der Waals surface area contributed by atoms with Crippen molar-refractivity contribution in [3.8, 4) is 11.5 Å². The van der Waals surface area contributed by atoms with E-state index < -0.39 is 15.9 Å². The van der Waals surface area contributed by atoms with E-state index in [4.69, 9.17) is 8.92 Å². The minimum absolute atomic E-state index is 0.00755. The maximum absolute atomic E-state index is 12.6. The van der Waals surface area contributed by atoms with Gasteiger partial charge in [0.1, 0.15) is 16.4 Å². The van der Waals surface area contributed by atoms with Crippen molar-refractivity contribution in [2.24, 2.45) is 0 Å². The van der Waals surface area contributed by atoms with Gasteiger partial charge >= 0.3 is 10.1 Å². The van der Waals surface area contributed by atoms with Crippen LogP contribution < -0.4 is 4.74 Å². The zero-order chi connectivity index (χ0) is 18.6. The van der Waals surface area contributed by atoms with Crippen LogP contribution in [0.25, 0.3) is 0 Å². The van der Waals surface area contributed by atoms with Gasteiger partial charge in [-0.2, -0.15) is 8.42 Å². The number of phenols is 1. The molecule has 2 aromatic rings. The maximum Gasteiger partial charge on any atom is 0.300 e. The lowest BCUT2D eigenvalue weighted by Gasteiger charge is -2.13. The molecule has 0 aliphatic carbocycles. The first-order chi connectivity index (χ1) is 11.8. The Kier molecular flexibility index (Phi) is 5.81. The second-order valence-electron chi connectivity index (χ2n) is 5.49. The van der Waals surface area contributed by atoms with E-state index in [0.29, 0.717) is 12.0 Å². The SMILES string of the molecule is CCCOS(=O)(=O)c1cc(C(=O)c2ccc(C)cc2)c(O)cc1OC. The molecule has 0 heterocycles. The number of ether oxygens (including phenoxy) is 1. The zero-order valence-corrected chi connectivity index (χ0v) is 15.1. The van der Waals surface area contributed by atoms with Gasteiger partial charge in [0.25, 0.3) is 0 Å². The van der Waals surface area contributed by atoms with Crippen LogP contribution in [0.2, 0.25) is 0 Å². The Bertz CT molecular complexity index is 869. The molecule has 7 heteroatoms. The molecule has 2 rings (SSSR count). The van der Waals surface area contributed by atoms with Crippen molar-refractivity contribution in [3.05, 3.63) is 53.1 Å². The molecule has 0 saturated heterocycles. The van der Waals surface area contributed by atoms with Gasteiger partial charge in [-0.25, -0.2) is 0 Å². The second kappa shape index (κ2) is 7.67.